The number of hydrogen-bond acceptors (Lipinski definition) is 7. The zero-order valence-electron chi connectivity index (χ0n) is 23.9. The van der Waals surface area contributed by atoms with Gasteiger partial charge in [-0.1, -0.05) is 24.3 Å². The number of amides is 2. The van der Waals surface area contributed by atoms with Crippen LogP contribution in [0.15, 0.2) is 78.5 Å². The van der Waals surface area contributed by atoms with Gasteiger partial charge < -0.3 is 29.7 Å². The lowest BCUT2D eigenvalue weighted by atomic mass is 10.1. The zero-order chi connectivity index (χ0) is 31.4. The summed E-state index contributed by atoms with van der Waals surface area (Å²) in [7, 11) is 3.95. The fourth-order valence-corrected chi connectivity index (χ4v) is 3.69. The molecular weight excluding hydrogens is 567 g/mol. The van der Waals surface area contributed by atoms with Crippen LogP contribution in [0.4, 0.5) is 18.9 Å². The number of carbonyl (C=O) groups excluding carboxylic acids is 3. The quantitative estimate of drug-likeness (QED) is 0.166. The summed E-state index contributed by atoms with van der Waals surface area (Å²) in [4.78, 5) is 38.8. The van der Waals surface area contributed by atoms with Crippen LogP contribution in [0.25, 0.3) is 6.08 Å². The van der Waals surface area contributed by atoms with Gasteiger partial charge in [-0.25, -0.2) is 0 Å². The summed E-state index contributed by atoms with van der Waals surface area (Å²) in [6.07, 6.45) is -2.86. The maximum atomic E-state index is 13.0. The van der Waals surface area contributed by atoms with E-state index in [9.17, 15) is 27.6 Å². The molecule has 0 spiro atoms. The monoisotopic (exact) mass is 599 g/mol. The highest BCUT2D eigenvalue weighted by atomic mass is 19.4. The Labute approximate surface area is 247 Å². The van der Waals surface area contributed by atoms with Crippen LogP contribution in [-0.4, -0.2) is 58.0 Å². The van der Waals surface area contributed by atoms with E-state index in [1.165, 1.54) is 37.3 Å². The first-order valence-corrected chi connectivity index (χ1v) is 13.2. The first kappa shape index (κ1) is 32.5. The summed E-state index contributed by atoms with van der Waals surface area (Å²) in [5.74, 6) is -1.71. The highest BCUT2D eigenvalue weighted by Gasteiger charge is 2.31. The molecule has 0 aliphatic carbocycles. The van der Waals surface area contributed by atoms with E-state index in [2.05, 4.69) is 15.4 Å². The number of ether oxygens (including phenoxy) is 3. The SMILES string of the molecule is CC(=O)OCCNC(=O)C(=Cc1ccc(OC(F)(F)F)cc1)NC(=O)c1ccc(OCCc2ccc(N(C)C)cc2)cc1. The molecule has 228 valence electrons. The number of esters is 1. The molecule has 3 aromatic carbocycles. The first-order chi connectivity index (χ1) is 20.4. The molecule has 0 radical (unpaired) electrons. The van der Waals surface area contributed by atoms with Gasteiger partial charge in [-0.05, 0) is 65.7 Å². The van der Waals surface area contributed by atoms with E-state index in [0.29, 0.717) is 24.3 Å². The molecule has 43 heavy (non-hydrogen) atoms. The van der Waals surface area contributed by atoms with Crippen LogP contribution in [0, 0.1) is 0 Å². The van der Waals surface area contributed by atoms with Gasteiger partial charge >= 0.3 is 12.3 Å². The molecule has 0 aliphatic heterocycles. The Morgan fingerprint density at radius 2 is 1.49 bits per heavy atom. The minimum absolute atomic E-state index is 0.0319. The zero-order valence-corrected chi connectivity index (χ0v) is 23.9. The summed E-state index contributed by atoms with van der Waals surface area (Å²) in [6.45, 7) is 1.53. The third kappa shape index (κ3) is 11.4. The third-order valence-electron chi connectivity index (χ3n) is 5.84. The lowest BCUT2D eigenvalue weighted by Gasteiger charge is -2.13. The standard InChI is InChI=1S/C31H32F3N3O6/c1-21(38)41-19-17-35-30(40)28(20-23-6-12-27(13-7-23)43-31(32,33)34)36-29(39)24-8-14-26(15-9-24)42-18-16-22-4-10-25(11-5-22)37(2)3/h4-15,20H,16-19H2,1-3H3,(H,35,40)(H,36,39). The van der Waals surface area contributed by atoms with Gasteiger partial charge in [0.15, 0.2) is 0 Å². The number of alkyl halides is 3. The van der Waals surface area contributed by atoms with Crippen LogP contribution in [0.1, 0.15) is 28.4 Å². The van der Waals surface area contributed by atoms with Crippen molar-refractivity contribution in [2.45, 2.75) is 19.7 Å². The number of nitrogens with zero attached hydrogens (tertiary/aromatic N) is 1. The second kappa shape index (κ2) is 15.3. The van der Waals surface area contributed by atoms with E-state index in [1.54, 1.807) is 12.1 Å². The van der Waals surface area contributed by atoms with E-state index in [1.807, 2.05) is 43.3 Å². The van der Waals surface area contributed by atoms with Crippen molar-refractivity contribution in [3.05, 3.63) is 95.2 Å². The molecule has 0 fully saturated rings. The molecule has 0 bridgehead atoms. The lowest BCUT2D eigenvalue weighted by molar-refractivity contribution is -0.274. The number of carbonyl (C=O) groups is 3. The predicted octanol–water partition coefficient (Wildman–Crippen LogP) is 4.72. The lowest BCUT2D eigenvalue weighted by Crippen LogP contribution is -2.36. The fraction of sp³-hybridized carbons (Fsp3) is 0.258. The van der Waals surface area contributed by atoms with Crippen molar-refractivity contribution in [3.63, 3.8) is 0 Å². The molecule has 0 saturated carbocycles. The molecule has 2 amide bonds. The Hall–Kier alpha value is -5.00. The Kier molecular flexibility index (Phi) is 11.6. The van der Waals surface area contributed by atoms with Gasteiger partial charge in [-0.2, -0.15) is 0 Å². The number of rotatable bonds is 13. The van der Waals surface area contributed by atoms with Crippen LogP contribution in [0.5, 0.6) is 11.5 Å². The number of benzene rings is 3. The van der Waals surface area contributed by atoms with E-state index in [-0.39, 0.29) is 24.4 Å². The Morgan fingerprint density at radius 3 is 2.07 bits per heavy atom. The van der Waals surface area contributed by atoms with Gasteiger partial charge in [-0.15, -0.1) is 13.2 Å². The topological polar surface area (TPSA) is 106 Å². The Morgan fingerprint density at radius 1 is 0.860 bits per heavy atom. The van der Waals surface area contributed by atoms with Crippen molar-refractivity contribution in [2.75, 3.05) is 38.8 Å². The maximum absolute atomic E-state index is 13.0. The van der Waals surface area contributed by atoms with Gasteiger partial charge in [0.2, 0.25) is 0 Å². The number of hydrogen-bond donors (Lipinski definition) is 2. The summed E-state index contributed by atoms with van der Waals surface area (Å²) in [6, 6.07) is 19.2. The molecule has 2 N–H and O–H groups in total. The normalized spacial score (nSPS) is 11.3. The minimum atomic E-state index is -4.85. The van der Waals surface area contributed by atoms with Crippen LogP contribution in [0.3, 0.4) is 0 Å². The Bertz CT molecular complexity index is 1400. The van der Waals surface area contributed by atoms with Crippen LogP contribution in [-0.2, 0) is 20.7 Å². The molecule has 0 heterocycles. The van der Waals surface area contributed by atoms with Gasteiger partial charge in [0.05, 0.1) is 13.2 Å². The summed E-state index contributed by atoms with van der Waals surface area (Å²) < 4.78 is 51.9. The second-order valence-electron chi connectivity index (χ2n) is 9.41. The average molecular weight is 600 g/mol. The molecule has 0 aliphatic rings. The molecule has 0 unspecified atom stereocenters. The third-order valence-corrected chi connectivity index (χ3v) is 5.84. The number of nitrogens with one attached hydrogen (secondary N) is 2. The largest absolute Gasteiger partial charge is 0.573 e. The number of halogens is 3. The Balaban J connectivity index is 1.65. The molecule has 3 rings (SSSR count). The molecular formula is C31H32F3N3O6. The first-order valence-electron chi connectivity index (χ1n) is 13.2. The average Bonchev–Trinajstić information content (AvgIpc) is 2.95. The molecule has 12 heteroatoms. The van der Waals surface area contributed by atoms with Gasteiger partial charge in [-0.3, -0.25) is 14.4 Å². The molecule has 0 aromatic heterocycles. The van der Waals surface area contributed by atoms with E-state index >= 15 is 0 Å². The van der Waals surface area contributed by atoms with Crippen LogP contribution in [0.2, 0.25) is 0 Å². The highest BCUT2D eigenvalue weighted by Crippen LogP contribution is 2.23. The van der Waals surface area contributed by atoms with Crippen LogP contribution >= 0.6 is 0 Å². The summed E-state index contributed by atoms with van der Waals surface area (Å²) >= 11 is 0. The van der Waals surface area contributed by atoms with E-state index < -0.39 is 29.9 Å². The van der Waals surface area contributed by atoms with Crippen molar-refractivity contribution >= 4 is 29.5 Å². The highest BCUT2D eigenvalue weighted by molar-refractivity contribution is 6.05. The molecule has 0 atom stereocenters. The van der Waals surface area contributed by atoms with Gasteiger partial charge in [0, 0.05) is 38.7 Å². The van der Waals surface area contributed by atoms with Crippen molar-refractivity contribution < 1.29 is 41.8 Å². The van der Waals surface area contributed by atoms with Gasteiger partial charge in [0.25, 0.3) is 11.8 Å². The van der Waals surface area contributed by atoms with Crippen molar-refractivity contribution in [1.29, 1.82) is 0 Å². The van der Waals surface area contributed by atoms with Gasteiger partial charge in [0.1, 0.15) is 23.8 Å². The van der Waals surface area contributed by atoms with E-state index in [0.717, 1.165) is 23.4 Å². The van der Waals surface area contributed by atoms with Crippen LogP contribution < -0.4 is 25.0 Å². The molecule has 3 aromatic rings. The maximum Gasteiger partial charge on any atom is 0.573 e. The van der Waals surface area contributed by atoms with Crippen molar-refractivity contribution in [2.24, 2.45) is 0 Å². The van der Waals surface area contributed by atoms with Crippen molar-refractivity contribution in [3.8, 4) is 11.5 Å². The summed E-state index contributed by atoms with van der Waals surface area (Å²) in [5, 5.41) is 5.04. The smallest absolute Gasteiger partial charge is 0.493 e. The molecule has 0 saturated heterocycles. The minimum Gasteiger partial charge on any atom is -0.493 e. The summed E-state index contributed by atoms with van der Waals surface area (Å²) in [5.41, 5.74) is 2.59. The number of anilines is 1. The second-order valence-corrected chi connectivity index (χ2v) is 9.41. The predicted molar refractivity (Wildman–Crippen MR) is 155 cm³/mol. The van der Waals surface area contributed by atoms with Crippen molar-refractivity contribution in [1.82, 2.24) is 10.6 Å². The fourth-order valence-electron chi connectivity index (χ4n) is 3.69. The van der Waals surface area contributed by atoms with E-state index in [4.69, 9.17) is 9.47 Å². The molecule has 9 nitrogen and oxygen atoms in total.